The molecule has 11 nitrogen and oxygen atoms in total. The highest BCUT2D eigenvalue weighted by Crippen LogP contribution is 2.42. The van der Waals surface area contributed by atoms with E-state index < -0.39 is 16.3 Å². The van der Waals surface area contributed by atoms with Crippen LogP contribution in [0.5, 0.6) is 5.75 Å². The number of piperidine rings is 1. The van der Waals surface area contributed by atoms with Crippen molar-refractivity contribution in [3.05, 3.63) is 69.7 Å². The molecule has 1 aromatic carbocycles. The van der Waals surface area contributed by atoms with Gasteiger partial charge in [-0.15, -0.1) is 0 Å². The van der Waals surface area contributed by atoms with E-state index in [1.807, 2.05) is 0 Å². The Morgan fingerprint density at radius 3 is 2.31 bits per heavy atom. The van der Waals surface area contributed by atoms with Gasteiger partial charge in [0.05, 0.1) is 22.0 Å². The summed E-state index contributed by atoms with van der Waals surface area (Å²) in [6.07, 6.45) is 7.99. The molecule has 2 aliphatic heterocycles. The molecule has 4 heterocycles. The molecule has 0 saturated carbocycles. The van der Waals surface area contributed by atoms with Crippen molar-refractivity contribution in [3.63, 3.8) is 0 Å². The number of ether oxygens (including phenoxy) is 1. The van der Waals surface area contributed by atoms with Crippen LogP contribution in [0.4, 0.5) is 11.6 Å². The minimum atomic E-state index is -3.15. The van der Waals surface area contributed by atoms with Gasteiger partial charge in [-0.05, 0) is 31.0 Å². The lowest BCUT2D eigenvalue weighted by atomic mass is 9.72. The van der Waals surface area contributed by atoms with Crippen molar-refractivity contribution in [2.24, 2.45) is 11.1 Å². The number of aromatic nitrogens is 3. The third-order valence-electron chi connectivity index (χ3n) is 7.25. The summed E-state index contributed by atoms with van der Waals surface area (Å²) in [6.45, 7) is 2.64. The Bertz CT molecular complexity index is 1480. The lowest BCUT2D eigenvalue weighted by Gasteiger charge is -2.53. The van der Waals surface area contributed by atoms with Gasteiger partial charge in [-0.25, -0.2) is 22.7 Å². The standard InChI is InChI=1S/C25H28Cl2N8O3S/c1-39(36,37)35-6-4-25(5-7-35)13-34(14-25)24-32-9-15(10-33-24)22(29)17-8-16(2-3-20(17)28)38-23(30)21-18(26)11-31-12-19(21)27/h2-3,8-12,23,29H,4-7,13-14,28,30H2,1H3/t23-/m0/s1. The fraction of sp³-hybridized carbons (Fsp3) is 0.360. The highest BCUT2D eigenvalue weighted by Gasteiger charge is 2.46. The summed E-state index contributed by atoms with van der Waals surface area (Å²) >= 11 is 12.4. The number of pyridine rings is 1. The Labute approximate surface area is 236 Å². The number of hydrogen-bond donors (Lipinski definition) is 3. The second kappa shape index (κ2) is 10.5. The highest BCUT2D eigenvalue weighted by molar-refractivity contribution is 7.88. The molecular formula is C25H28Cl2N8O3S. The first-order valence-corrected chi connectivity index (χ1v) is 14.8. The number of hydrogen-bond acceptors (Lipinski definition) is 10. The third kappa shape index (κ3) is 5.66. The predicted octanol–water partition coefficient (Wildman–Crippen LogP) is 3.07. The van der Waals surface area contributed by atoms with E-state index in [-0.39, 0.29) is 21.2 Å². The van der Waals surface area contributed by atoms with Gasteiger partial charge < -0.3 is 15.4 Å². The molecule has 14 heteroatoms. The average molecular weight is 592 g/mol. The number of rotatable bonds is 7. The zero-order valence-corrected chi connectivity index (χ0v) is 23.5. The summed E-state index contributed by atoms with van der Waals surface area (Å²) in [6, 6.07) is 4.90. The van der Waals surface area contributed by atoms with Gasteiger partial charge in [0, 0.05) is 78.8 Å². The van der Waals surface area contributed by atoms with E-state index in [9.17, 15) is 8.42 Å². The molecular weight excluding hydrogens is 563 g/mol. The van der Waals surface area contributed by atoms with Gasteiger partial charge >= 0.3 is 0 Å². The summed E-state index contributed by atoms with van der Waals surface area (Å²) in [4.78, 5) is 15.0. The molecule has 5 rings (SSSR count). The molecule has 0 bridgehead atoms. The zero-order chi connectivity index (χ0) is 27.9. The SMILES string of the molecule is CS(=O)(=O)N1CCC2(CC1)CN(c1ncc(C(=N)c3cc(O[C@H](N)c4c(Cl)cncc4Cl)ccc3N)cn1)C2. The van der Waals surface area contributed by atoms with Gasteiger partial charge in [-0.1, -0.05) is 23.2 Å². The number of sulfonamides is 1. The Morgan fingerprint density at radius 1 is 1.10 bits per heavy atom. The number of benzene rings is 1. The molecule has 0 radical (unpaired) electrons. The van der Waals surface area contributed by atoms with E-state index >= 15 is 0 Å². The van der Waals surface area contributed by atoms with Crippen molar-refractivity contribution >= 4 is 50.6 Å². The number of nitrogens with zero attached hydrogens (tertiary/aromatic N) is 5. The average Bonchev–Trinajstić information content (AvgIpc) is 2.87. The summed E-state index contributed by atoms with van der Waals surface area (Å²) in [7, 11) is -3.15. The molecule has 0 unspecified atom stereocenters. The summed E-state index contributed by atoms with van der Waals surface area (Å²) in [5.74, 6) is 0.954. The Hall–Kier alpha value is -3.03. The largest absolute Gasteiger partial charge is 0.471 e. The fourth-order valence-corrected chi connectivity index (χ4v) is 6.43. The number of nitrogens with one attached hydrogen (secondary N) is 1. The van der Waals surface area contributed by atoms with Gasteiger partial charge in [-0.3, -0.25) is 16.1 Å². The van der Waals surface area contributed by atoms with E-state index in [4.69, 9.17) is 44.8 Å². The first-order valence-electron chi connectivity index (χ1n) is 12.2. The van der Waals surface area contributed by atoms with Gasteiger partial charge in [0.2, 0.25) is 16.0 Å². The van der Waals surface area contributed by atoms with E-state index in [2.05, 4.69) is 19.9 Å². The van der Waals surface area contributed by atoms with Gasteiger partial charge in [0.15, 0.2) is 6.23 Å². The maximum Gasteiger partial charge on any atom is 0.225 e. The van der Waals surface area contributed by atoms with Gasteiger partial charge in [0.1, 0.15) is 5.75 Å². The molecule has 0 aliphatic carbocycles. The van der Waals surface area contributed by atoms with Crippen molar-refractivity contribution in [1.29, 1.82) is 5.41 Å². The minimum Gasteiger partial charge on any atom is -0.471 e. The third-order valence-corrected chi connectivity index (χ3v) is 9.15. The first kappa shape index (κ1) is 27.5. The number of nitrogens with two attached hydrogens (primary N) is 2. The van der Waals surface area contributed by atoms with E-state index in [1.54, 1.807) is 34.9 Å². The lowest BCUT2D eigenvalue weighted by Crippen LogP contribution is -2.61. The maximum absolute atomic E-state index is 11.8. The van der Waals surface area contributed by atoms with Crippen LogP contribution < -0.4 is 21.1 Å². The molecule has 0 amide bonds. The van der Waals surface area contributed by atoms with E-state index in [1.165, 1.54) is 18.6 Å². The summed E-state index contributed by atoms with van der Waals surface area (Å²) < 4.78 is 31.0. The van der Waals surface area contributed by atoms with Crippen LogP contribution in [0.25, 0.3) is 0 Å². The van der Waals surface area contributed by atoms with Crippen LogP contribution in [0, 0.1) is 10.8 Å². The Kier molecular flexibility index (Phi) is 7.42. The highest BCUT2D eigenvalue weighted by atomic mass is 35.5. The van der Waals surface area contributed by atoms with Crippen LogP contribution in [0.15, 0.2) is 43.0 Å². The Morgan fingerprint density at radius 2 is 1.72 bits per heavy atom. The maximum atomic E-state index is 11.8. The van der Waals surface area contributed by atoms with E-state index in [0.29, 0.717) is 47.2 Å². The molecule has 2 aliphatic rings. The van der Waals surface area contributed by atoms with Crippen molar-refractivity contribution in [1.82, 2.24) is 19.3 Å². The van der Waals surface area contributed by atoms with Crippen LogP contribution >= 0.6 is 23.2 Å². The normalized spacial score (nSPS) is 18.0. The van der Waals surface area contributed by atoms with Crippen LogP contribution in [0.3, 0.4) is 0 Å². The Balaban J connectivity index is 1.24. The zero-order valence-electron chi connectivity index (χ0n) is 21.1. The van der Waals surface area contributed by atoms with Crippen molar-refractivity contribution < 1.29 is 13.2 Å². The predicted molar refractivity (Wildman–Crippen MR) is 151 cm³/mol. The van der Waals surface area contributed by atoms with Crippen molar-refractivity contribution in [3.8, 4) is 5.75 Å². The molecule has 5 N–H and O–H groups in total. The number of halogens is 2. The molecule has 2 saturated heterocycles. The molecule has 2 fully saturated rings. The molecule has 2 aromatic heterocycles. The quantitative estimate of drug-likeness (QED) is 0.213. The summed E-state index contributed by atoms with van der Waals surface area (Å²) in [5, 5.41) is 9.28. The molecule has 1 atom stereocenters. The van der Waals surface area contributed by atoms with Gasteiger partial charge in [0.25, 0.3) is 0 Å². The van der Waals surface area contributed by atoms with Crippen LogP contribution in [-0.2, 0) is 10.0 Å². The van der Waals surface area contributed by atoms with Gasteiger partial charge in [-0.2, -0.15) is 0 Å². The lowest BCUT2D eigenvalue weighted by molar-refractivity contribution is 0.113. The monoisotopic (exact) mass is 590 g/mol. The second-order valence-corrected chi connectivity index (χ2v) is 12.8. The fourth-order valence-electron chi connectivity index (χ4n) is 5.01. The minimum absolute atomic E-state index is 0.0936. The molecule has 1 spiro atoms. The van der Waals surface area contributed by atoms with Crippen LogP contribution in [0.2, 0.25) is 10.0 Å². The van der Waals surface area contributed by atoms with Crippen LogP contribution in [0.1, 0.15) is 35.8 Å². The smallest absolute Gasteiger partial charge is 0.225 e. The molecule has 206 valence electrons. The first-order chi connectivity index (χ1) is 18.5. The number of nitrogen functional groups attached to an aromatic ring is 1. The molecule has 39 heavy (non-hydrogen) atoms. The van der Waals surface area contributed by atoms with Crippen molar-refractivity contribution in [2.45, 2.75) is 19.1 Å². The topological polar surface area (TPSA) is 164 Å². The second-order valence-electron chi connectivity index (χ2n) is 9.97. The van der Waals surface area contributed by atoms with E-state index in [0.717, 1.165) is 25.9 Å². The van der Waals surface area contributed by atoms with Crippen molar-refractivity contribution in [2.75, 3.05) is 43.1 Å². The number of anilines is 2. The van der Waals surface area contributed by atoms with Crippen LogP contribution in [-0.4, -0.2) is 65.8 Å². The summed E-state index contributed by atoms with van der Waals surface area (Å²) in [5.41, 5.74) is 14.3. The molecule has 3 aromatic rings.